The Morgan fingerprint density at radius 3 is 2.69 bits per heavy atom. The fourth-order valence-corrected chi connectivity index (χ4v) is 2.02. The third-order valence-corrected chi connectivity index (χ3v) is 3.41. The van der Waals surface area contributed by atoms with Gasteiger partial charge in [0.25, 0.3) is 0 Å². The van der Waals surface area contributed by atoms with Gasteiger partial charge in [-0.2, -0.15) is 5.26 Å². The Morgan fingerprint density at radius 1 is 1.75 bits per heavy atom. The summed E-state index contributed by atoms with van der Waals surface area (Å²) < 4.78 is 5.16. The van der Waals surface area contributed by atoms with Gasteiger partial charge in [-0.15, -0.1) is 6.42 Å². The normalized spacial score (nSPS) is 32.4. The van der Waals surface area contributed by atoms with Gasteiger partial charge in [0.2, 0.25) is 0 Å². The molecular formula is C12H14N2O2. The summed E-state index contributed by atoms with van der Waals surface area (Å²) in [5.74, 6) is 1.92. The molecule has 4 atom stereocenters. The Hall–Kier alpha value is -1.36. The van der Waals surface area contributed by atoms with Crippen LogP contribution in [0, 0.1) is 35.0 Å². The molecule has 4 heteroatoms. The molecule has 2 saturated heterocycles. The van der Waals surface area contributed by atoms with E-state index in [1.807, 2.05) is 0 Å². The number of Topliss-reactive ketones (excluding diaryl/α,β-unsaturated/α-hetero) is 1. The molecule has 16 heavy (non-hydrogen) atoms. The summed E-state index contributed by atoms with van der Waals surface area (Å²) in [6.45, 7) is 3.04. The highest BCUT2D eigenvalue weighted by atomic mass is 16.5. The van der Waals surface area contributed by atoms with Crippen molar-refractivity contribution in [1.29, 1.82) is 5.26 Å². The lowest BCUT2D eigenvalue weighted by molar-refractivity contribution is -0.151. The van der Waals surface area contributed by atoms with Crippen molar-refractivity contribution in [2.24, 2.45) is 11.3 Å². The van der Waals surface area contributed by atoms with Crippen LogP contribution in [0.3, 0.4) is 0 Å². The summed E-state index contributed by atoms with van der Waals surface area (Å²) in [6.07, 6.45) is 5.77. The first-order valence-electron chi connectivity index (χ1n) is 5.40. The first kappa shape index (κ1) is 11.1. The van der Waals surface area contributed by atoms with Crippen molar-refractivity contribution in [1.82, 2.24) is 5.32 Å². The van der Waals surface area contributed by atoms with E-state index >= 15 is 0 Å². The van der Waals surface area contributed by atoms with Crippen LogP contribution in [0.25, 0.3) is 0 Å². The minimum atomic E-state index is -1.03. The lowest BCUT2D eigenvalue weighted by Crippen LogP contribution is -2.48. The summed E-state index contributed by atoms with van der Waals surface area (Å²) in [5, 5.41) is 12.2. The molecule has 0 aliphatic carbocycles. The summed E-state index contributed by atoms with van der Waals surface area (Å²) in [6, 6.07) is 2.21. The van der Waals surface area contributed by atoms with E-state index in [4.69, 9.17) is 16.4 Å². The maximum absolute atomic E-state index is 12.2. The van der Waals surface area contributed by atoms with Crippen molar-refractivity contribution in [3.05, 3.63) is 0 Å². The van der Waals surface area contributed by atoms with E-state index in [2.05, 4.69) is 17.3 Å². The van der Waals surface area contributed by atoms with Gasteiger partial charge < -0.3 is 10.1 Å². The highest BCUT2D eigenvalue weighted by molar-refractivity contribution is 5.92. The summed E-state index contributed by atoms with van der Waals surface area (Å²) in [5.41, 5.74) is -1.03. The van der Waals surface area contributed by atoms with Gasteiger partial charge in [0.1, 0.15) is 11.5 Å². The van der Waals surface area contributed by atoms with Gasteiger partial charge in [-0.1, -0.05) is 5.92 Å². The monoisotopic (exact) mass is 218 g/mol. The second kappa shape index (κ2) is 3.90. The average Bonchev–Trinajstić information content (AvgIpc) is 3.00. The van der Waals surface area contributed by atoms with Crippen LogP contribution in [-0.4, -0.2) is 31.1 Å². The predicted molar refractivity (Wildman–Crippen MR) is 57.2 cm³/mol. The Kier molecular flexibility index (Phi) is 2.71. The van der Waals surface area contributed by atoms with Gasteiger partial charge in [0.15, 0.2) is 5.78 Å². The van der Waals surface area contributed by atoms with Gasteiger partial charge in [-0.3, -0.25) is 4.79 Å². The number of carbonyl (C=O) groups excluding carboxylic acids is 1. The van der Waals surface area contributed by atoms with E-state index in [0.29, 0.717) is 13.0 Å². The Balaban J connectivity index is 2.20. The number of nitrogens with one attached hydrogen (secondary N) is 1. The molecule has 84 valence electrons. The zero-order valence-electron chi connectivity index (χ0n) is 9.19. The van der Waals surface area contributed by atoms with Crippen LogP contribution in [0.1, 0.15) is 13.3 Å². The Bertz CT molecular complexity index is 385. The number of terminal acetylenes is 1. The van der Waals surface area contributed by atoms with Crippen LogP contribution in [0.15, 0.2) is 0 Å². The molecule has 0 aromatic heterocycles. The van der Waals surface area contributed by atoms with Gasteiger partial charge in [-0.05, 0) is 6.92 Å². The quantitative estimate of drug-likeness (QED) is 0.536. The minimum Gasteiger partial charge on any atom is -0.370 e. The second-order valence-electron chi connectivity index (χ2n) is 4.48. The maximum atomic E-state index is 12.2. The largest absolute Gasteiger partial charge is 0.370 e. The first-order valence-corrected chi connectivity index (χ1v) is 5.40. The summed E-state index contributed by atoms with van der Waals surface area (Å²) >= 11 is 0. The topological polar surface area (TPSA) is 72.0 Å². The second-order valence-corrected chi connectivity index (χ2v) is 4.48. The number of hydrogen-bond donors (Lipinski definition) is 1. The molecule has 0 aromatic rings. The Morgan fingerprint density at radius 2 is 2.38 bits per heavy atom. The molecule has 0 aromatic carbocycles. The van der Waals surface area contributed by atoms with E-state index in [-0.39, 0.29) is 11.8 Å². The van der Waals surface area contributed by atoms with Gasteiger partial charge >= 0.3 is 0 Å². The molecule has 0 radical (unpaired) electrons. The number of nitriles is 1. The molecule has 1 N–H and O–H groups in total. The third-order valence-electron chi connectivity index (χ3n) is 3.41. The van der Waals surface area contributed by atoms with Crippen LogP contribution in [-0.2, 0) is 9.53 Å². The van der Waals surface area contributed by atoms with E-state index in [1.54, 1.807) is 6.92 Å². The number of rotatable bonds is 4. The summed E-state index contributed by atoms with van der Waals surface area (Å²) in [4.78, 5) is 12.2. The van der Waals surface area contributed by atoms with Crippen molar-refractivity contribution in [2.75, 3.05) is 13.2 Å². The number of hydrogen-bond acceptors (Lipinski definition) is 4. The van der Waals surface area contributed by atoms with E-state index in [9.17, 15) is 4.79 Å². The predicted octanol–water partition coefficient (Wildman–Crippen LogP) is 0.0955. The van der Waals surface area contributed by atoms with Crippen LogP contribution in [0.4, 0.5) is 0 Å². The van der Waals surface area contributed by atoms with E-state index < -0.39 is 17.4 Å². The Labute approximate surface area is 95.0 Å². The molecule has 2 fully saturated rings. The SMILES string of the molecule is C#CC(C)(C(=O)[C@H]1CCO1)C(C#N)C1CN1. The van der Waals surface area contributed by atoms with Crippen LogP contribution in [0.2, 0.25) is 0 Å². The molecule has 2 heterocycles. The molecule has 0 bridgehead atoms. The lowest BCUT2D eigenvalue weighted by atomic mass is 9.71. The van der Waals surface area contributed by atoms with Gasteiger partial charge in [-0.25, -0.2) is 0 Å². The molecular weight excluding hydrogens is 204 g/mol. The molecule has 3 unspecified atom stereocenters. The maximum Gasteiger partial charge on any atom is 0.180 e. The van der Waals surface area contributed by atoms with Crippen molar-refractivity contribution < 1.29 is 9.53 Å². The van der Waals surface area contributed by atoms with Crippen molar-refractivity contribution in [2.45, 2.75) is 25.5 Å². The smallest absolute Gasteiger partial charge is 0.180 e. The van der Waals surface area contributed by atoms with Crippen LogP contribution >= 0.6 is 0 Å². The highest BCUT2D eigenvalue weighted by Gasteiger charge is 2.50. The van der Waals surface area contributed by atoms with E-state index in [0.717, 1.165) is 6.54 Å². The molecule has 0 amide bonds. The van der Waals surface area contributed by atoms with Gasteiger partial charge in [0, 0.05) is 19.0 Å². The molecule has 2 rings (SSSR count). The van der Waals surface area contributed by atoms with Crippen molar-refractivity contribution in [3.8, 4) is 18.4 Å². The number of ether oxygens (including phenoxy) is 1. The molecule has 2 aliphatic rings. The minimum absolute atomic E-state index is 0.0510. The average molecular weight is 218 g/mol. The standard InChI is InChI=1S/C12H14N2O2/c1-3-12(2,8(6-13)9-7-14-9)11(15)10-4-5-16-10/h1,8-10,14H,4-5,7H2,2H3/t8?,9?,10-,12?/m1/s1. The van der Waals surface area contributed by atoms with Crippen LogP contribution in [0.5, 0.6) is 0 Å². The number of nitrogens with zero attached hydrogens (tertiary/aromatic N) is 1. The zero-order chi connectivity index (χ0) is 11.8. The molecule has 0 spiro atoms. The summed E-state index contributed by atoms with van der Waals surface area (Å²) in [7, 11) is 0. The number of ketones is 1. The number of carbonyl (C=O) groups is 1. The molecule has 0 saturated carbocycles. The molecule has 4 nitrogen and oxygen atoms in total. The first-order chi connectivity index (χ1) is 7.63. The molecule has 2 aliphatic heterocycles. The fraction of sp³-hybridized carbons (Fsp3) is 0.667. The third kappa shape index (κ3) is 1.61. The van der Waals surface area contributed by atoms with Crippen molar-refractivity contribution in [3.63, 3.8) is 0 Å². The lowest BCUT2D eigenvalue weighted by Gasteiger charge is -2.34. The van der Waals surface area contributed by atoms with Crippen LogP contribution < -0.4 is 5.32 Å². The zero-order valence-corrected chi connectivity index (χ0v) is 9.19. The highest BCUT2D eigenvalue weighted by Crippen LogP contribution is 2.36. The van der Waals surface area contributed by atoms with Crippen molar-refractivity contribution >= 4 is 5.78 Å². The van der Waals surface area contributed by atoms with E-state index in [1.165, 1.54) is 0 Å². The fourth-order valence-electron chi connectivity index (χ4n) is 2.02. The van der Waals surface area contributed by atoms with Gasteiger partial charge in [0.05, 0.1) is 18.6 Å².